The number of ketones is 1. The van der Waals surface area contributed by atoms with Crippen LogP contribution in [-0.2, 0) is 4.79 Å². The molecule has 0 saturated heterocycles. The van der Waals surface area contributed by atoms with Crippen LogP contribution in [0.1, 0.15) is 79.1 Å². The Kier molecular flexibility index (Phi) is 5.42. The fourth-order valence-electron chi connectivity index (χ4n) is 6.36. The van der Waals surface area contributed by atoms with Crippen molar-refractivity contribution in [2.75, 3.05) is 0 Å². The zero-order chi connectivity index (χ0) is 18.2. The number of hydrogen-bond acceptors (Lipinski definition) is 2. The largest absolute Gasteiger partial charge is 0.295 e. The van der Waals surface area contributed by atoms with Gasteiger partial charge >= 0.3 is 0 Å². The van der Waals surface area contributed by atoms with Gasteiger partial charge in [-0.1, -0.05) is 33.3 Å². The topological polar surface area (TPSA) is 40.9 Å². The lowest BCUT2D eigenvalue weighted by Gasteiger charge is -2.47. The third-order valence-corrected chi connectivity index (χ3v) is 8.25. The Morgan fingerprint density at radius 3 is 2.64 bits per heavy atom. The first-order valence-electron chi connectivity index (χ1n) is 10.6. The molecule has 2 nitrogen and oxygen atoms in total. The molecule has 0 aromatic heterocycles. The number of carbonyl (C=O) groups excluding carboxylic acids is 1. The Labute approximate surface area is 154 Å². The maximum atomic E-state index is 12.1. The lowest BCUT2D eigenvalue weighted by atomic mass is 9.57. The van der Waals surface area contributed by atoms with E-state index >= 15 is 0 Å². The number of allylic oxidation sites excluding steroid dienone is 2. The Hall–Kier alpha value is -1.10. The van der Waals surface area contributed by atoms with E-state index in [2.05, 4.69) is 33.8 Å². The zero-order valence-corrected chi connectivity index (χ0v) is 16.6. The van der Waals surface area contributed by atoms with Gasteiger partial charge in [0.05, 0.1) is 12.0 Å². The number of carbonyl (C=O) groups is 1. The summed E-state index contributed by atoms with van der Waals surface area (Å²) in [7, 11) is 0. The molecule has 0 bridgehead atoms. The standard InChI is InChI=1S/C23H35NO/c1-5-23-11-10-17(12-18(23)6-7-19(23)14-24)21-9-8-20(25)13-22(21)16(4)15(2)3/h13,15-19,21H,5-12H2,1-4H3/t16-,17+,18+,19-,21-,23+/m1/s1. The maximum absolute atomic E-state index is 12.1. The molecule has 0 N–H and O–H groups in total. The molecule has 2 fully saturated rings. The Morgan fingerprint density at radius 1 is 1.24 bits per heavy atom. The molecule has 0 aromatic carbocycles. The molecule has 6 atom stereocenters. The van der Waals surface area contributed by atoms with E-state index in [0.717, 1.165) is 37.5 Å². The van der Waals surface area contributed by atoms with Gasteiger partial charge in [0.15, 0.2) is 5.78 Å². The summed E-state index contributed by atoms with van der Waals surface area (Å²) in [5.41, 5.74) is 1.73. The normalized spacial score (nSPS) is 39.7. The quantitative estimate of drug-likeness (QED) is 0.636. The van der Waals surface area contributed by atoms with E-state index in [4.69, 9.17) is 0 Å². The number of nitriles is 1. The van der Waals surface area contributed by atoms with Crippen LogP contribution in [0.25, 0.3) is 0 Å². The van der Waals surface area contributed by atoms with Crippen LogP contribution in [0, 0.1) is 52.3 Å². The van der Waals surface area contributed by atoms with Gasteiger partial charge in [0, 0.05) is 6.42 Å². The molecule has 0 radical (unpaired) electrons. The van der Waals surface area contributed by atoms with Crippen molar-refractivity contribution in [2.45, 2.75) is 79.1 Å². The van der Waals surface area contributed by atoms with Crippen molar-refractivity contribution in [3.8, 4) is 6.07 Å². The van der Waals surface area contributed by atoms with E-state index in [9.17, 15) is 10.1 Å². The van der Waals surface area contributed by atoms with Crippen molar-refractivity contribution in [3.05, 3.63) is 11.6 Å². The smallest absolute Gasteiger partial charge is 0.155 e. The molecule has 3 rings (SSSR count). The molecular formula is C23H35NO. The third kappa shape index (κ3) is 3.20. The molecular weight excluding hydrogens is 306 g/mol. The van der Waals surface area contributed by atoms with Crippen molar-refractivity contribution in [2.24, 2.45) is 40.9 Å². The minimum Gasteiger partial charge on any atom is -0.295 e. The maximum Gasteiger partial charge on any atom is 0.155 e. The van der Waals surface area contributed by atoms with Crippen LogP contribution in [0.15, 0.2) is 11.6 Å². The monoisotopic (exact) mass is 341 g/mol. The minimum atomic E-state index is 0.279. The van der Waals surface area contributed by atoms with Crippen LogP contribution >= 0.6 is 0 Å². The lowest BCUT2D eigenvalue weighted by molar-refractivity contribution is -0.115. The van der Waals surface area contributed by atoms with E-state index < -0.39 is 0 Å². The highest BCUT2D eigenvalue weighted by Gasteiger charge is 2.52. The fraction of sp³-hybridized carbons (Fsp3) is 0.826. The van der Waals surface area contributed by atoms with Crippen molar-refractivity contribution in [3.63, 3.8) is 0 Å². The Bertz CT molecular complexity index is 583. The van der Waals surface area contributed by atoms with Gasteiger partial charge in [0.2, 0.25) is 0 Å². The second-order valence-electron chi connectivity index (χ2n) is 9.37. The molecule has 0 aromatic rings. The third-order valence-electron chi connectivity index (χ3n) is 8.25. The first kappa shape index (κ1) is 18.7. The number of nitrogens with zero attached hydrogens (tertiary/aromatic N) is 1. The fourth-order valence-corrected chi connectivity index (χ4v) is 6.36. The van der Waals surface area contributed by atoms with E-state index in [1.165, 1.54) is 31.3 Å². The van der Waals surface area contributed by atoms with Gasteiger partial charge in [-0.25, -0.2) is 0 Å². The summed E-state index contributed by atoms with van der Waals surface area (Å²) in [6.07, 6.45) is 11.1. The predicted molar refractivity (Wildman–Crippen MR) is 102 cm³/mol. The summed E-state index contributed by atoms with van der Waals surface area (Å²) >= 11 is 0. The molecule has 0 heterocycles. The number of fused-ring (bicyclic) bond motifs is 1. The van der Waals surface area contributed by atoms with Crippen LogP contribution in [0.5, 0.6) is 0 Å². The first-order chi connectivity index (χ1) is 11.9. The number of rotatable bonds is 4. The summed E-state index contributed by atoms with van der Waals surface area (Å²) in [4.78, 5) is 12.1. The molecule has 3 aliphatic rings. The van der Waals surface area contributed by atoms with Crippen LogP contribution in [0.2, 0.25) is 0 Å². The highest BCUT2D eigenvalue weighted by molar-refractivity contribution is 5.91. The predicted octanol–water partition coefficient (Wildman–Crippen LogP) is 5.93. The van der Waals surface area contributed by atoms with E-state index in [-0.39, 0.29) is 5.92 Å². The van der Waals surface area contributed by atoms with Crippen molar-refractivity contribution in [1.29, 1.82) is 5.26 Å². The highest BCUT2D eigenvalue weighted by Crippen LogP contribution is 2.60. The molecule has 2 saturated carbocycles. The van der Waals surface area contributed by atoms with Crippen LogP contribution in [0.3, 0.4) is 0 Å². The Balaban J connectivity index is 1.80. The van der Waals surface area contributed by atoms with Crippen LogP contribution in [-0.4, -0.2) is 5.78 Å². The second kappa shape index (κ2) is 7.26. The van der Waals surface area contributed by atoms with Gasteiger partial charge in [0.25, 0.3) is 0 Å². The summed E-state index contributed by atoms with van der Waals surface area (Å²) < 4.78 is 0. The van der Waals surface area contributed by atoms with E-state index in [1.807, 2.05) is 6.08 Å². The van der Waals surface area contributed by atoms with Gasteiger partial charge in [-0.15, -0.1) is 0 Å². The molecule has 0 aliphatic heterocycles. The van der Waals surface area contributed by atoms with E-state index in [1.54, 1.807) is 0 Å². The Morgan fingerprint density at radius 2 is 2.00 bits per heavy atom. The van der Waals surface area contributed by atoms with Crippen LogP contribution in [0.4, 0.5) is 0 Å². The van der Waals surface area contributed by atoms with Gasteiger partial charge in [0.1, 0.15) is 0 Å². The first-order valence-corrected chi connectivity index (χ1v) is 10.6. The molecule has 2 heteroatoms. The lowest BCUT2D eigenvalue weighted by Crippen LogP contribution is -2.39. The van der Waals surface area contributed by atoms with Gasteiger partial charge < -0.3 is 0 Å². The summed E-state index contributed by atoms with van der Waals surface area (Å²) in [6.45, 7) is 9.16. The molecule has 0 amide bonds. The van der Waals surface area contributed by atoms with Crippen LogP contribution < -0.4 is 0 Å². The molecule has 138 valence electrons. The van der Waals surface area contributed by atoms with Crippen molar-refractivity contribution < 1.29 is 4.79 Å². The summed E-state index contributed by atoms with van der Waals surface area (Å²) in [5.74, 6) is 3.77. The van der Waals surface area contributed by atoms with Crippen molar-refractivity contribution in [1.82, 2.24) is 0 Å². The highest BCUT2D eigenvalue weighted by atomic mass is 16.1. The van der Waals surface area contributed by atoms with Gasteiger partial charge in [-0.3, -0.25) is 4.79 Å². The number of hydrogen-bond donors (Lipinski definition) is 0. The van der Waals surface area contributed by atoms with Gasteiger partial charge in [-0.05, 0) is 86.0 Å². The summed E-state index contributed by atoms with van der Waals surface area (Å²) in [6, 6.07) is 2.64. The molecule has 0 spiro atoms. The zero-order valence-electron chi connectivity index (χ0n) is 16.6. The average molecular weight is 342 g/mol. The SMILES string of the molecule is CC[C@]12CC[C@H]([C@H]3CCC(=O)C=C3[C@H](C)C(C)C)C[C@@H]1CC[C@@H]2C#N. The molecule has 25 heavy (non-hydrogen) atoms. The van der Waals surface area contributed by atoms with Gasteiger partial charge in [-0.2, -0.15) is 5.26 Å². The molecule has 0 unspecified atom stereocenters. The van der Waals surface area contributed by atoms with Crippen molar-refractivity contribution >= 4 is 5.78 Å². The second-order valence-corrected chi connectivity index (χ2v) is 9.37. The summed E-state index contributed by atoms with van der Waals surface area (Å²) in [5, 5.41) is 9.62. The minimum absolute atomic E-state index is 0.279. The average Bonchev–Trinajstić information content (AvgIpc) is 2.98. The molecule has 3 aliphatic carbocycles. The van der Waals surface area contributed by atoms with E-state index in [0.29, 0.717) is 29.0 Å².